The molecule has 0 unspecified atom stereocenters. The minimum absolute atomic E-state index is 0.626. The standard InChI is InChI=1S/C12H12ClNO/c13-6-3-7-15-11-8-10-4-1-2-5-12(10)14-9-11/h1-2,4-5,8-9H,3,6-7H2. The summed E-state index contributed by atoms with van der Waals surface area (Å²) in [5, 5.41) is 1.10. The van der Waals surface area contributed by atoms with E-state index in [-0.39, 0.29) is 0 Å². The molecule has 15 heavy (non-hydrogen) atoms. The Balaban J connectivity index is 2.16. The van der Waals surface area contributed by atoms with E-state index < -0.39 is 0 Å². The Morgan fingerprint density at radius 2 is 2.13 bits per heavy atom. The first-order valence-electron chi connectivity index (χ1n) is 4.94. The maximum absolute atomic E-state index is 5.57. The van der Waals surface area contributed by atoms with Gasteiger partial charge in [0.2, 0.25) is 0 Å². The molecule has 0 N–H and O–H groups in total. The van der Waals surface area contributed by atoms with Gasteiger partial charge in [0, 0.05) is 11.3 Å². The van der Waals surface area contributed by atoms with Crippen molar-refractivity contribution in [3.8, 4) is 5.75 Å². The number of aromatic nitrogens is 1. The molecule has 0 aliphatic rings. The molecular weight excluding hydrogens is 210 g/mol. The smallest absolute Gasteiger partial charge is 0.138 e. The average Bonchev–Trinajstić information content (AvgIpc) is 2.29. The molecular formula is C12H12ClNO. The van der Waals surface area contributed by atoms with Gasteiger partial charge in [-0.2, -0.15) is 0 Å². The molecule has 0 spiro atoms. The lowest BCUT2D eigenvalue weighted by atomic mass is 10.2. The van der Waals surface area contributed by atoms with Gasteiger partial charge in [-0.05, 0) is 18.6 Å². The molecule has 1 aromatic heterocycles. The number of rotatable bonds is 4. The fourth-order valence-electron chi connectivity index (χ4n) is 1.37. The van der Waals surface area contributed by atoms with Crippen LogP contribution in [0.1, 0.15) is 6.42 Å². The van der Waals surface area contributed by atoms with Crippen molar-refractivity contribution >= 4 is 22.5 Å². The molecule has 0 radical (unpaired) electrons. The van der Waals surface area contributed by atoms with Crippen molar-refractivity contribution in [1.82, 2.24) is 4.98 Å². The Morgan fingerprint density at radius 3 is 3.00 bits per heavy atom. The van der Waals surface area contributed by atoms with E-state index in [4.69, 9.17) is 16.3 Å². The van der Waals surface area contributed by atoms with Crippen molar-refractivity contribution < 1.29 is 4.74 Å². The van der Waals surface area contributed by atoms with Crippen molar-refractivity contribution in [3.63, 3.8) is 0 Å². The molecule has 1 aromatic carbocycles. The molecule has 0 saturated carbocycles. The maximum atomic E-state index is 5.57. The van der Waals surface area contributed by atoms with Crippen LogP contribution in [0.5, 0.6) is 5.75 Å². The van der Waals surface area contributed by atoms with Gasteiger partial charge < -0.3 is 4.74 Å². The van der Waals surface area contributed by atoms with E-state index in [2.05, 4.69) is 4.98 Å². The van der Waals surface area contributed by atoms with Crippen LogP contribution in [-0.2, 0) is 0 Å². The highest BCUT2D eigenvalue weighted by Crippen LogP contribution is 2.17. The predicted octanol–water partition coefficient (Wildman–Crippen LogP) is 3.24. The van der Waals surface area contributed by atoms with Crippen LogP contribution in [0.4, 0.5) is 0 Å². The lowest BCUT2D eigenvalue weighted by Gasteiger charge is -2.05. The molecule has 0 aliphatic carbocycles. The summed E-state index contributed by atoms with van der Waals surface area (Å²) in [7, 11) is 0. The highest BCUT2D eigenvalue weighted by atomic mass is 35.5. The van der Waals surface area contributed by atoms with Gasteiger partial charge in [0.05, 0.1) is 18.3 Å². The molecule has 3 heteroatoms. The Morgan fingerprint density at radius 1 is 1.27 bits per heavy atom. The van der Waals surface area contributed by atoms with Crippen molar-refractivity contribution in [2.45, 2.75) is 6.42 Å². The number of halogens is 1. The molecule has 0 bridgehead atoms. The molecule has 0 saturated heterocycles. The maximum Gasteiger partial charge on any atom is 0.138 e. The first-order valence-corrected chi connectivity index (χ1v) is 5.47. The zero-order valence-corrected chi connectivity index (χ0v) is 9.07. The van der Waals surface area contributed by atoms with Crippen LogP contribution in [0.3, 0.4) is 0 Å². The van der Waals surface area contributed by atoms with Crippen molar-refractivity contribution in [1.29, 1.82) is 0 Å². The Bertz CT molecular complexity index is 444. The van der Waals surface area contributed by atoms with Crippen LogP contribution in [0.25, 0.3) is 10.9 Å². The Hall–Kier alpha value is -1.28. The minimum Gasteiger partial charge on any atom is -0.492 e. The quantitative estimate of drug-likeness (QED) is 0.584. The number of alkyl halides is 1. The highest BCUT2D eigenvalue weighted by molar-refractivity contribution is 6.17. The lowest BCUT2D eigenvalue weighted by Crippen LogP contribution is -1.98. The van der Waals surface area contributed by atoms with E-state index in [0.717, 1.165) is 23.1 Å². The second-order valence-corrected chi connectivity index (χ2v) is 3.63. The van der Waals surface area contributed by atoms with Gasteiger partial charge in [-0.15, -0.1) is 11.6 Å². The molecule has 0 amide bonds. The first-order chi connectivity index (χ1) is 7.40. The SMILES string of the molecule is ClCCCOc1cnc2ccccc2c1. The third-order valence-electron chi connectivity index (χ3n) is 2.11. The topological polar surface area (TPSA) is 22.1 Å². The number of hydrogen-bond acceptors (Lipinski definition) is 2. The second-order valence-electron chi connectivity index (χ2n) is 3.25. The minimum atomic E-state index is 0.626. The van der Waals surface area contributed by atoms with E-state index in [1.165, 1.54) is 0 Å². The van der Waals surface area contributed by atoms with Gasteiger partial charge in [-0.25, -0.2) is 0 Å². The van der Waals surface area contributed by atoms with E-state index >= 15 is 0 Å². The van der Waals surface area contributed by atoms with Crippen molar-refractivity contribution in [3.05, 3.63) is 36.5 Å². The average molecular weight is 222 g/mol. The third-order valence-corrected chi connectivity index (χ3v) is 2.38. The summed E-state index contributed by atoms with van der Waals surface area (Å²) in [6, 6.07) is 9.97. The summed E-state index contributed by atoms with van der Waals surface area (Å²) in [6.45, 7) is 0.642. The Labute approximate surface area is 93.8 Å². The number of pyridine rings is 1. The van der Waals surface area contributed by atoms with E-state index in [0.29, 0.717) is 12.5 Å². The van der Waals surface area contributed by atoms with Gasteiger partial charge in [-0.3, -0.25) is 4.98 Å². The Kier molecular flexibility index (Phi) is 3.41. The van der Waals surface area contributed by atoms with Crippen LogP contribution in [0.15, 0.2) is 36.5 Å². The van der Waals surface area contributed by atoms with Crippen molar-refractivity contribution in [2.75, 3.05) is 12.5 Å². The summed E-state index contributed by atoms with van der Waals surface area (Å²) in [5.41, 5.74) is 0.988. The molecule has 1 heterocycles. The summed E-state index contributed by atoms with van der Waals surface area (Å²) in [5.74, 6) is 1.43. The summed E-state index contributed by atoms with van der Waals surface area (Å²) >= 11 is 5.57. The fraction of sp³-hybridized carbons (Fsp3) is 0.250. The molecule has 2 aromatic rings. The number of benzene rings is 1. The van der Waals surface area contributed by atoms with Crippen molar-refractivity contribution in [2.24, 2.45) is 0 Å². The fourth-order valence-corrected chi connectivity index (χ4v) is 1.48. The largest absolute Gasteiger partial charge is 0.492 e. The normalized spacial score (nSPS) is 10.5. The molecule has 2 rings (SSSR count). The zero-order chi connectivity index (χ0) is 10.5. The number of nitrogens with zero attached hydrogens (tertiary/aromatic N) is 1. The van der Waals surface area contributed by atoms with Crippen LogP contribution in [0.2, 0.25) is 0 Å². The molecule has 78 valence electrons. The predicted molar refractivity (Wildman–Crippen MR) is 62.6 cm³/mol. The van der Waals surface area contributed by atoms with Crippen LogP contribution >= 0.6 is 11.6 Å². The second kappa shape index (κ2) is 4.99. The summed E-state index contributed by atoms with van der Waals surface area (Å²) in [4.78, 5) is 4.30. The summed E-state index contributed by atoms with van der Waals surface area (Å²) < 4.78 is 5.51. The van der Waals surface area contributed by atoms with Gasteiger partial charge in [-0.1, -0.05) is 18.2 Å². The number of hydrogen-bond donors (Lipinski definition) is 0. The number of para-hydroxylation sites is 1. The van der Waals surface area contributed by atoms with E-state index in [1.54, 1.807) is 6.20 Å². The van der Waals surface area contributed by atoms with Gasteiger partial charge >= 0.3 is 0 Å². The van der Waals surface area contributed by atoms with Gasteiger partial charge in [0.25, 0.3) is 0 Å². The third kappa shape index (κ3) is 2.60. The van der Waals surface area contributed by atoms with Crippen LogP contribution < -0.4 is 4.74 Å². The van der Waals surface area contributed by atoms with Gasteiger partial charge in [0.1, 0.15) is 5.75 Å². The molecule has 2 nitrogen and oxygen atoms in total. The zero-order valence-electron chi connectivity index (χ0n) is 8.32. The monoisotopic (exact) mass is 221 g/mol. The molecule has 0 atom stereocenters. The van der Waals surface area contributed by atoms with Crippen LogP contribution in [-0.4, -0.2) is 17.5 Å². The first kappa shape index (κ1) is 10.2. The highest BCUT2D eigenvalue weighted by Gasteiger charge is 1.97. The number of fused-ring (bicyclic) bond motifs is 1. The van der Waals surface area contributed by atoms with Crippen LogP contribution in [0, 0.1) is 0 Å². The van der Waals surface area contributed by atoms with E-state index in [9.17, 15) is 0 Å². The molecule has 0 fully saturated rings. The van der Waals surface area contributed by atoms with Gasteiger partial charge in [0.15, 0.2) is 0 Å². The van der Waals surface area contributed by atoms with E-state index in [1.807, 2.05) is 30.3 Å². The molecule has 0 aliphatic heterocycles. The summed E-state index contributed by atoms with van der Waals surface area (Å²) in [6.07, 6.45) is 2.60. The number of ether oxygens (including phenoxy) is 1. The lowest BCUT2D eigenvalue weighted by molar-refractivity contribution is 0.317.